The van der Waals surface area contributed by atoms with E-state index < -0.39 is 0 Å². The van der Waals surface area contributed by atoms with E-state index in [2.05, 4.69) is 96.4 Å². The number of rotatable bonds is 4. The summed E-state index contributed by atoms with van der Waals surface area (Å²) in [6, 6.07) is 17.5. The van der Waals surface area contributed by atoms with E-state index in [1.807, 2.05) is 0 Å². The lowest BCUT2D eigenvalue weighted by molar-refractivity contribution is 0.854. The van der Waals surface area contributed by atoms with E-state index in [9.17, 15) is 0 Å². The van der Waals surface area contributed by atoms with Crippen LogP contribution in [-0.4, -0.2) is 0 Å². The SMILES string of the molecule is C1=CCC(c2ccc(Nc3ccc(C4=CCCC=C4)cc3)cc2)C=C1. The van der Waals surface area contributed by atoms with Gasteiger partial charge in [-0.2, -0.15) is 0 Å². The summed E-state index contributed by atoms with van der Waals surface area (Å²) in [6.45, 7) is 0. The second-order valence-corrected chi connectivity index (χ2v) is 6.62. The third-order valence-corrected chi connectivity index (χ3v) is 4.82. The van der Waals surface area contributed by atoms with Gasteiger partial charge in [0.1, 0.15) is 0 Å². The first-order chi connectivity index (χ1) is 12.4. The molecule has 25 heavy (non-hydrogen) atoms. The fourth-order valence-electron chi connectivity index (χ4n) is 3.38. The third-order valence-electron chi connectivity index (χ3n) is 4.82. The summed E-state index contributed by atoms with van der Waals surface area (Å²) in [6.07, 6.45) is 18.9. The van der Waals surface area contributed by atoms with E-state index in [0.29, 0.717) is 5.92 Å². The minimum Gasteiger partial charge on any atom is -0.356 e. The van der Waals surface area contributed by atoms with Crippen LogP contribution in [-0.2, 0) is 0 Å². The molecular weight excluding hydrogens is 302 g/mol. The van der Waals surface area contributed by atoms with Crippen molar-refractivity contribution in [1.82, 2.24) is 0 Å². The number of anilines is 2. The highest BCUT2D eigenvalue weighted by Crippen LogP contribution is 2.27. The topological polar surface area (TPSA) is 12.0 Å². The van der Waals surface area contributed by atoms with E-state index in [1.165, 1.54) is 16.7 Å². The molecule has 1 atom stereocenters. The summed E-state index contributed by atoms with van der Waals surface area (Å²) in [5.41, 5.74) is 6.24. The van der Waals surface area contributed by atoms with Gasteiger partial charge in [0.15, 0.2) is 0 Å². The monoisotopic (exact) mass is 325 g/mol. The predicted octanol–water partition coefficient (Wildman–Crippen LogP) is 6.76. The molecule has 1 unspecified atom stereocenters. The Balaban J connectivity index is 1.43. The molecule has 2 aliphatic carbocycles. The second kappa shape index (κ2) is 7.40. The van der Waals surface area contributed by atoms with Gasteiger partial charge < -0.3 is 5.32 Å². The van der Waals surface area contributed by atoms with Gasteiger partial charge in [0.2, 0.25) is 0 Å². The van der Waals surface area contributed by atoms with Crippen molar-refractivity contribution in [3.63, 3.8) is 0 Å². The summed E-state index contributed by atoms with van der Waals surface area (Å²) in [5.74, 6) is 0.509. The van der Waals surface area contributed by atoms with E-state index in [4.69, 9.17) is 0 Å². The summed E-state index contributed by atoms with van der Waals surface area (Å²) >= 11 is 0. The lowest BCUT2D eigenvalue weighted by Crippen LogP contribution is -1.97. The zero-order valence-electron chi connectivity index (χ0n) is 14.4. The van der Waals surface area contributed by atoms with Crippen LogP contribution in [0.5, 0.6) is 0 Å². The van der Waals surface area contributed by atoms with Crippen LogP contribution in [0.1, 0.15) is 36.3 Å². The van der Waals surface area contributed by atoms with E-state index in [-0.39, 0.29) is 0 Å². The Morgan fingerprint density at radius 1 is 0.760 bits per heavy atom. The molecule has 0 heterocycles. The number of nitrogens with one attached hydrogen (secondary N) is 1. The van der Waals surface area contributed by atoms with E-state index >= 15 is 0 Å². The van der Waals surface area contributed by atoms with Gasteiger partial charge in [-0.3, -0.25) is 0 Å². The Morgan fingerprint density at radius 3 is 2.16 bits per heavy atom. The van der Waals surface area contributed by atoms with Crippen molar-refractivity contribution in [2.75, 3.05) is 5.32 Å². The Labute approximate surface area is 150 Å². The van der Waals surface area contributed by atoms with Crippen LogP contribution in [0.25, 0.3) is 5.57 Å². The molecule has 0 aromatic heterocycles. The van der Waals surface area contributed by atoms with Gasteiger partial charge in [-0.15, -0.1) is 0 Å². The van der Waals surface area contributed by atoms with Crippen molar-refractivity contribution in [1.29, 1.82) is 0 Å². The van der Waals surface area contributed by atoms with E-state index in [0.717, 1.165) is 30.6 Å². The van der Waals surface area contributed by atoms with Crippen LogP contribution in [0.15, 0.2) is 91.1 Å². The fourth-order valence-corrected chi connectivity index (χ4v) is 3.38. The lowest BCUT2D eigenvalue weighted by atomic mass is 9.92. The average Bonchev–Trinajstić information content (AvgIpc) is 2.71. The van der Waals surface area contributed by atoms with Crippen molar-refractivity contribution in [3.05, 3.63) is 102 Å². The fraction of sp³-hybridized carbons (Fsp3) is 0.167. The molecule has 0 fully saturated rings. The van der Waals surface area contributed by atoms with Gasteiger partial charge in [0.25, 0.3) is 0 Å². The van der Waals surface area contributed by atoms with Crippen LogP contribution < -0.4 is 5.32 Å². The molecule has 1 N–H and O–H groups in total. The number of hydrogen-bond donors (Lipinski definition) is 1. The molecule has 0 radical (unpaired) electrons. The van der Waals surface area contributed by atoms with E-state index in [1.54, 1.807) is 0 Å². The molecule has 2 aromatic carbocycles. The predicted molar refractivity (Wildman–Crippen MR) is 108 cm³/mol. The molecule has 1 heteroatoms. The highest BCUT2D eigenvalue weighted by atomic mass is 14.9. The maximum absolute atomic E-state index is 3.49. The highest BCUT2D eigenvalue weighted by Gasteiger charge is 2.08. The van der Waals surface area contributed by atoms with Crippen LogP contribution in [0, 0.1) is 0 Å². The zero-order chi connectivity index (χ0) is 16.9. The number of hydrogen-bond acceptors (Lipinski definition) is 1. The third kappa shape index (κ3) is 3.83. The first-order valence-corrected chi connectivity index (χ1v) is 9.06. The summed E-state index contributed by atoms with van der Waals surface area (Å²) in [4.78, 5) is 0. The van der Waals surface area contributed by atoms with Gasteiger partial charge in [-0.1, -0.05) is 66.8 Å². The average molecular weight is 325 g/mol. The van der Waals surface area contributed by atoms with Crippen LogP contribution in [0.2, 0.25) is 0 Å². The molecule has 0 saturated heterocycles. The molecule has 4 rings (SSSR count). The van der Waals surface area contributed by atoms with Crippen molar-refractivity contribution < 1.29 is 0 Å². The van der Waals surface area contributed by atoms with Gasteiger partial charge in [0.05, 0.1) is 0 Å². The van der Waals surface area contributed by atoms with Gasteiger partial charge >= 0.3 is 0 Å². The van der Waals surface area contributed by atoms with Gasteiger partial charge in [-0.05, 0) is 60.2 Å². The smallest absolute Gasteiger partial charge is 0.0384 e. The normalized spacial score (nSPS) is 18.9. The molecule has 2 aromatic rings. The Bertz CT molecular complexity index is 833. The molecular formula is C24H23N. The molecule has 0 amide bonds. The lowest BCUT2D eigenvalue weighted by Gasteiger charge is -2.14. The molecule has 124 valence electrons. The molecule has 0 saturated carbocycles. The molecule has 0 spiro atoms. The molecule has 0 aliphatic heterocycles. The number of allylic oxidation sites excluding steroid dienone is 8. The standard InChI is InChI=1S/C24H23N/c1-3-7-19(8-4-1)21-11-15-23(16-12-21)25-24-17-13-22(14-18-24)20-9-5-2-6-10-20/h1,3-5,7,9-19,25H,2,6,8H2. The maximum atomic E-state index is 3.49. The summed E-state index contributed by atoms with van der Waals surface area (Å²) in [7, 11) is 0. The van der Waals surface area contributed by atoms with Gasteiger partial charge in [-0.25, -0.2) is 0 Å². The summed E-state index contributed by atoms with van der Waals surface area (Å²) in [5, 5.41) is 3.49. The molecule has 1 nitrogen and oxygen atoms in total. The first-order valence-electron chi connectivity index (χ1n) is 9.06. The zero-order valence-corrected chi connectivity index (χ0v) is 14.4. The Morgan fingerprint density at radius 2 is 1.52 bits per heavy atom. The largest absolute Gasteiger partial charge is 0.356 e. The van der Waals surface area contributed by atoms with Crippen LogP contribution in [0.3, 0.4) is 0 Å². The molecule has 0 bridgehead atoms. The number of benzene rings is 2. The Hall–Kier alpha value is -2.80. The quantitative estimate of drug-likeness (QED) is 0.654. The maximum Gasteiger partial charge on any atom is 0.0384 e. The van der Waals surface area contributed by atoms with Crippen LogP contribution >= 0.6 is 0 Å². The summed E-state index contributed by atoms with van der Waals surface area (Å²) < 4.78 is 0. The molecule has 2 aliphatic rings. The minimum absolute atomic E-state index is 0.509. The second-order valence-electron chi connectivity index (χ2n) is 6.62. The highest BCUT2D eigenvalue weighted by molar-refractivity contribution is 5.76. The first kappa shape index (κ1) is 15.7. The van der Waals surface area contributed by atoms with Crippen LogP contribution in [0.4, 0.5) is 11.4 Å². The van der Waals surface area contributed by atoms with Crippen molar-refractivity contribution >= 4 is 16.9 Å². The minimum atomic E-state index is 0.509. The Kier molecular flexibility index (Phi) is 4.65. The van der Waals surface area contributed by atoms with Gasteiger partial charge in [0, 0.05) is 17.3 Å². The van der Waals surface area contributed by atoms with Crippen molar-refractivity contribution in [2.24, 2.45) is 0 Å². The van der Waals surface area contributed by atoms with Crippen molar-refractivity contribution in [2.45, 2.75) is 25.2 Å². The van der Waals surface area contributed by atoms with Crippen molar-refractivity contribution in [3.8, 4) is 0 Å².